The number of thiophene rings is 1. The van der Waals surface area contributed by atoms with Gasteiger partial charge in [-0.2, -0.15) is 5.26 Å². The van der Waals surface area contributed by atoms with Crippen molar-refractivity contribution in [3.05, 3.63) is 29.6 Å². The first-order valence-electron chi connectivity index (χ1n) is 5.93. The summed E-state index contributed by atoms with van der Waals surface area (Å²) in [7, 11) is 0. The van der Waals surface area contributed by atoms with Gasteiger partial charge in [-0.25, -0.2) is 0 Å². The maximum atomic E-state index is 12.1. The van der Waals surface area contributed by atoms with Crippen molar-refractivity contribution in [2.24, 2.45) is 5.41 Å². The van der Waals surface area contributed by atoms with E-state index in [0.717, 1.165) is 17.5 Å². The number of nitriles is 1. The summed E-state index contributed by atoms with van der Waals surface area (Å²) in [6.45, 7) is 0. The maximum Gasteiger partial charge on any atom is 0.244 e. The Morgan fingerprint density at radius 3 is 2.89 bits per heavy atom. The standard InChI is InChI=1S/C14H12N2OS/c15-9-14(5-1-6-14)13(17)16-11-2-3-12-10(8-11)4-7-18-12/h2-4,7-8H,1,5-6H2,(H,16,17). The van der Waals surface area contributed by atoms with E-state index in [1.807, 2.05) is 29.6 Å². The molecule has 0 spiro atoms. The van der Waals surface area contributed by atoms with Gasteiger partial charge in [0.15, 0.2) is 0 Å². The van der Waals surface area contributed by atoms with Crippen LogP contribution in [0.15, 0.2) is 29.6 Å². The Bertz CT molecular complexity index is 649. The highest BCUT2D eigenvalue weighted by molar-refractivity contribution is 7.17. The number of nitrogens with one attached hydrogen (secondary N) is 1. The van der Waals surface area contributed by atoms with Crippen molar-refractivity contribution in [1.82, 2.24) is 0 Å². The highest BCUT2D eigenvalue weighted by Crippen LogP contribution is 2.41. The fourth-order valence-corrected chi connectivity index (χ4v) is 2.99. The van der Waals surface area contributed by atoms with E-state index in [2.05, 4.69) is 11.4 Å². The first-order chi connectivity index (χ1) is 8.73. The van der Waals surface area contributed by atoms with Crippen molar-refractivity contribution in [2.75, 3.05) is 5.32 Å². The van der Waals surface area contributed by atoms with Crippen molar-refractivity contribution in [2.45, 2.75) is 19.3 Å². The molecule has 1 aromatic heterocycles. The molecule has 0 saturated heterocycles. The number of hydrogen-bond acceptors (Lipinski definition) is 3. The Morgan fingerprint density at radius 2 is 2.22 bits per heavy atom. The molecular weight excluding hydrogens is 244 g/mol. The van der Waals surface area contributed by atoms with E-state index < -0.39 is 5.41 Å². The molecule has 2 aromatic rings. The monoisotopic (exact) mass is 256 g/mol. The summed E-state index contributed by atoms with van der Waals surface area (Å²) < 4.78 is 1.20. The third-order valence-corrected chi connectivity index (χ3v) is 4.46. The summed E-state index contributed by atoms with van der Waals surface area (Å²) in [6.07, 6.45) is 2.32. The van der Waals surface area contributed by atoms with Crippen LogP contribution in [0.5, 0.6) is 0 Å². The van der Waals surface area contributed by atoms with Crippen LogP contribution in [0.4, 0.5) is 5.69 Å². The van der Waals surface area contributed by atoms with E-state index in [9.17, 15) is 4.79 Å². The third kappa shape index (κ3) is 1.68. The van der Waals surface area contributed by atoms with Crippen LogP contribution >= 0.6 is 11.3 Å². The van der Waals surface area contributed by atoms with Gasteiger partial charge in [0.25, 0.3) is 0 Å². The Labute approximate surface area is 109 Å². The minimum atomic E-state index is -0.788. The molecule has 1 aliphatic carbocycles. The van der Waals surface area contributed by atoms with E-state index in [0.29, 0.717) is 12.8 Å². The lowest BCUT2D eigenvalue weighted by Crippen LogP contribution is -2.40. The van der Waals surface area contributed by atoms with Gasteiger partial charge in [-0.3, -0.25) is 4.79 Å². The molecule has 18 heavy (non-hydrogen) atoms. The van der Waals surface area contributed by atoms with E-state index in [1.54, 1.807) is 11.3 Å². The molecule has 90 valence electrons. The van der Waals surface area contributed by atoms with Gasteiger partial charge in [0.1, 0.15) is 5.41 Å². The molecule has 3 nitrogen and oxygen atoms in total. The average molecular weight is 256 g/mol. The van der Waals surface area contributed by atoms with Crippen LogP contribution in [-0.2, 0) is 4.79 Å². The number of benzene rings is 1. The fraction of sp³-hybridized carbons (Fsp3) is 0.286. The summed E-state index contributed by atoms with van der Waals surface area (Å²) in [5.74, 6) is -0.161. The second-order valence-electron chi connectivity index (χ2n) is 4.67. The lowest BCUT2D eigenvalue weighted by atomic mass is 9.69. The van der Waals surface area contributed by atoms with Crippen LogP contribution in [0, 0.1) is 16.7 Å². The van der Waals surface area contributed by atoms with Crippen molar-refractivity contribution in [3.63, 3.8) is 0 Å². The van der Waals surface area contributed by atoms with Gasteiger partial charge in [-0.1, -0.05) is 0 Å². The summed E-state index contributed by atoms with van der Waals surface area (Å²) in [5.41, 5.74) is -0.0173. The number of carbonyl (C=O) groups is 1. The Kier molecular flexibility index (Phi) is 2.57. The molecule has 1 saturated carbocycles. The van der Waals surface area contributed by atoms with Crippen molar-refractivity contribution >= 4 is 33.0 Å². The van der Waals surface area contributed by atoms with Crippen molar-refractivity contribution < 1.29 is 4.79 Å². The molecule has 1 heterocycles. The Balaban J connectivity index is 1.84. The van der Waals surface area contributed by atoms with Crippen LogP contribution in [0.25, 0.3) is 10.1 Å². The smallest absolute Gasteiger partial charge is 0.244 e. The summed E-state index contributed by atoms with van der Waals surface area (Å²) in [5, 5.41) is 15.1. The number of amides is 1. The van der Waals surface area contributed by atoms with Crippen molar-refractivity contribution in [1.29, 1.82) is 5.26 Å². The molecule has 0 bridgehead atoms. The highest BCUT2D eigenvalue weighted by Gasteiger charge is 2.44. The lowest BCUT2D eigenvalue weighted by Gasteiger charge is -2.33. The van der Waals surface area contributed by atoms with Crippen LogP contribution < -0.4 is 5.32 Å². The minimum Gasteiger partial charge on any atom is -0.325 e. The number of anilines is 1. The predicted molar refractivity (Wildman–Crippen MR) is 72.4 cm³/mol. The zero-order chi connectivity index (χ0) is 12.6. The summed E-state index contributed by atoms with van der Waals surface area (Å²) >= 11 is 1.68. The van der Waals surface area contributed by atoms with Crippen molar-refractivity contribution in [3.8, 4) is 6.07 Å². The molecule has 1 aromatic carbocycles. The fourth-order valence-electron chi connectivity index (χ4n) is 2.22. The molecular formula is C14H12N2OS. The largest absolute Gasteiger partial charge is 0.325 e. The molecule has 3 rings (SSSR count). The topological polar surface area (TPSA) is 52.9 Å². The van der Waals surface area contributed by atoms with Gasteiger partial charge in [-0.05, 0) is 54.3 Å². The molecule has 1 aliphatic rings. The van der Waals surface area contributed by atoms with E-state index in [-0.39, 0.29) is 5.91 Å². The van der Waals surface area contributed by atoms with Crippen LogP contribution in [-0.4, -0.2) is 5.91 Å². The van der Waals surface area contributed by atoms with Gasteiger partial charge in [-0.15, -0.1) is 11.3 Å². The normalized spacial score (nSPS) is 16.8. The molecule has 1 fully saturated rings. The molecule has 1 amide bonds. The maximum absolute atomic E-state index is 12.1. The lowest BCUT2D eigenvalue weighted by molar-refractivity contribution is -0.126. The second-order valence-corrected chi connectivity index (χ2v) is 5.62. The van der Waals surface area contributed by atoms with Gasteiger partial charge < -0.3 is 5.32 Å². The molecule has 0 atom stereocenters. The minimum absolute atomic E-state index is 0.161. The molecule has 1 N–H and O–H groups in total. The number of rotatable bonds is 2. The van der Waals surface area contributed by atoms with Gasteiger partial charge in [0, 0.05) is 10.4 Å². The Morgan fingerprint density at radius 1 is 1.39 bits per heavy atom. The van der Waals surface area contributed by atoms with Gasteiger partial charge >= 0.3 is 0 Å². The predicted octanol–water partition coefficient (Wildman–Crippen LogP) is 3.53. The zero-order valence-electron chi connectivity index (χ0n) is 9.77. The number of hydrogen-bond donors (Lipinski definition) is 1. The molecule has 0 aliphatic heterocycles. The SMILES string of the molecule is N#CC1(C(=O)Nc2ccc3sccc3c2)CCC1. The van der Waals surface area contributed by atoms with E-state index >= 15 is 0 Å². The van der Waals surface area contributed by atoms with Crippen LogP contribution in [0.2, 0.25) is 0 Å². The molecule has 4 heteroatoms. The molecule has 0 unspecified atom stereocenters. The van der Waals surface area contributed by atoms with Crippen LogP contribution in [0.3, 0.4) is 0 Å². The van der Waals surface area contributed by atoms with Gasteiger partial charge in [0.05, 0.1) is 6.07 Å². The second kappa shape index (κ2) is 4.11. The number of nitrogens with zero attached hydrogens (tertiary/aromatic N) is 1. The average Bonchev–Trinajstić information content (AvgIpc) is 2.75. The summed E-state index contributed by atoms with van der Waals surface area (Å²) in [4.78, 5) is 12.1. The first kappa shape index (κ1) is 11.2. The van der Waals surface area contributed by atoms with E-state index in [1.165, 1.54) is 4.70 Å². The number of fused-ring (bicyclic) bond motifs is 1. The van der Waals surface area contributed by atoms with E-state index in [4.69, 9.17) is 5.26 Å². The third-order valence-electron chi connectivity index (χ3n) is 3.57. The quantitative estimate of drug-likeness (QED) is 0.893. The van der Waals surface area contributed by atoms with Gasteiger partial charge in [0.2, 0.25) is 5.91 Å². The summed E-state index contributed by atoms with van der Waals surface area (Å²) in [6, 6.07) is 10.0. The van der Waals surface area contributed by atoms with Crippen LogP contribution in [0.1, 0.15) is 19.3 Å². The Hall–Kier alpha value is -1.86. The zero-order valence-corrected chi connectivity index (χ0v) is 10.6. The number of carbonyl (C=O) groups excluding carboxylic acids is 1. The highest BCUT2D eigenvalue weighted by atomic mass is 32.1. The first-order valence-corrected chi connectivity index (χ1v) is 6.81. The molecule has 0 radical (unpaired) electrons.